The number of pyridine rings is 2. The summed E-state index contributed by atoms with van der Waals surface area (Å²) in [6.45, 7) is 5.98. The van der Waals surface area contributed by atoms with Gasteiger partial charge in [-0.05, 0) is 30.2 Å². The van der Waals surface area contributed by atoms with Crippen LogP contribution in [-0.4, -0.2) is 79.6 Å². The molecule has 11 nitrogen and oxygen atoms in total. The van der Waals surface area contributed by atoms with Crippen LogP contribution in [0.4, 0.5) is 17.6 Å². The van der Waals surface area contributed by atoms with Crippen molar-refractivity contribution < 1.29 is 4.79 Å². The molecule has 190 valence electrons. The van der Waals surface area contributed by atoms with Gasteiger partial charge in [0.25, 0.3) is 0 Å². The van der Waals surface area contributed by atoms with Gasteiger partial charge in [0.1, 0.15) is 5.82 Å². The van der Waals surface area contributed by atoms with Crippen LogP contribution in [0.15, 0.2) is 55.2 Å². The van der Waals surface area contributed by atoms with Crippen molar-refractivity contribution >= 4 is 34.7 Å². The number of piperazine rings is 1. The van der Waals surface area contributed by atoms with E-state index in [1.54, 1.807) is 12.5 Å². The summed E-state index contributed by atoms with van der Waals surface area (Å²) in [6.07, 6.45) is 8.82. The van der Waals surface area contributed by atoms with E-state index in [-0.39, 0.29) is 5.91 Å². The maximum absolute atomic E-state index is 12.1. The molecule has 37 heavy (non-hydrogen) atoms. The Morgan fingerprint density at radius 1 is 0.892 bits per heavy atom. The third-order valence-corrected chi connectivity index (χ3v) is 6.95. The van der Waals surface area contributed by atoms with Gasteiger partial charge in [-0.2, -0.15) is 9.97 Å². The molecule has 1 N–H and O–H groups in total. The van der Waals surface area contributed by atoms with Crippen molar-refractivity contribution in [1.82, 2.24) is 34.4 Å². The fourth-order valence-corrected chi connectivity index (χ4v) is 4.89. The summed E-state index contributed by atoms with van der Waals surface area (Å²) in [5.74, 6) is 2.60. The predicted octanol–water partition coefficient (Wildman–Crippen LogP) is 2.18. The molecule has 0 saturated carbocycles. The van der Waals surface area contributed by atoms with Crippen molar-refractivity contribution in [3.05, 3.63) is 60.8 Å². The van der Waals surface area contributed by atoms with E-state index >= 15 is 0 Å². The fourth-order valence-electron chi connectivity index (χ4n) is 4.89. The first-order valence-electron chi connectivity index (χ1n) is 12.8. The van der Waals surface area contributed by atoms with Gasteiger partial charge in [0.15, 0.2) is 17.0 Å². The smallest absolute Gasteiger partial charge is 0.229 e. The minimum atomic E-state index is 0.226. The SMILES string of the molecule is O=C1CCCN1CCn1cnc2c(NCc3cccnc3)nc(N3CCN(c4ccccn4)CC3)nc21. The lowest BCUT2D eigenvalue weighted by atomic mass is 10.3. The van der Waals surface area contributed by atoms with Crippen molar-refractivity contribution in [1.29, 1.82) is 0 Å². The van der Waals surface area contributed by atoms with Gasteiger partial charge in [-0.3, -0.25) is 9.78 Å². The third-order valence-electron chi connectivity index (χ3n) is 6.95. The monoisotopic (exact) mass is 498 g/mol. The van der Waals surface area contributed by atoms with Crippen molar-refractivity contribution in [3.63, 3.8) is 0 Å². The summed E-state index contributed by atoms with van der Waals surface area (Å²) >= 11 is 0. The maximum atomic E-state index is 12.1. The number of hydrogen-bond acceptors (Lipinski definition) is 9. The molecule has 0 bridgehead atoms. The van der Waals surface area contributed by atoms with Crippen LogP contribution in [0, 0.1) is 0 Å². The van der Waals surface area contributed by atoms with E-state index in [9.17, 15) is 4.79 Å². The van der Waals surface area contributed by atoms with E-state index in [0.29, 0.717) is 37.8 Å². The van der Waals surface area contributed by atoms with Gasteiger partial charge in [-0.25, -0.2) is 9.97 Å². The highest BCUT2D eigenvalue weighted by Crippen LogP contribution is 2.25. The average Bonchev–Trinajstić information content (AvgIpc) is 3.57. The van der Waals surface area contributed by atoms with Gasteiger partial charge in [-0.1, -0.05) is 12.1 Å². The first-order chi connectivity index (χ1) is 18.2. The molecule has 0 aromatic carbocycles. The zero-order chi connectivity index (χ0) is 25.0. The summed E-state index contributed by atoms with van der Waals surface area (Å²) in [6, 6.07) is 9.95. The number of rotatable bonds is 8. The lowest BCUT2D eigenvalue weighted by Gasteiger charge is -2.35. The predicted molar refractivity (Wildman–Crippen MR) is 141 cm³/mol. The number of imidazole rings is 1. The van der Waals surface area contributed by atoms with Crippen molar-refractivity contribution in [2.45, 2.75) is 25.9 Å². The zero-order valence-electron chi connectivity index (χ0n) is 20.7. The minimum absolute atomic E-state index is 0.226. The molecule has 4 aromatic heterocycles. The molecule has 11 heteroatoms. The Bertz CT molecular complexity index is 1350. The zero-order valence-corrected chi connectivity index (χ0v) is 20.7. The largest absolute Gasteiger partial charge is 0.364 e. The number of carbonyl (C=O) groups is 1. The number of fused-ring (bicyclic) bond motifs is 1. The fraction of sp³-hybridized carbons (Fsp3) is 0.385. The number of carbonyl (C=O) groups excluding carboxylic acids is 1. The van der Waals surface area contributed by atoms with Crippen LogP contribution in [0.2, 0.25) is 0 Å². The molecule has 2 fully saturated rings. The van der Waals surface area contributed by atoms with E-state index in [1.165, 1.54) is 0 Å². The summed E-state index contributed by atoms with van der Waals surface area (Å²) in [4.78, 5) is 41.8. The molecule has 1 amide bonds. The van der Waals surface area contributed by atoms with Gasteiger partial charge >= 0.3 is 0 Å². The van der Waals surface area contributed by atoms with Crippen molar-refractivity contribution in [3.8, 4) is 0 Å². The number of anilines is 3. The Hall–Kier alpha value is -4.28. The minimum Gasteiger partial charge on any atom is -0.364 e. The van der Waals surface area contributed by atoms with Crippen LogP contribution in [0.5, 0.6) is 0 Å². The molecule has 2 saturated heterocycles. The van der Waals surface area contributed by atoms with Crippen molar-refractivity contribution in [2.75, 3.05) is 54.4 Å². The van der Waals surface area contributed by atoms with Crippen LogP contribution in [0.3, 0.4) is 0 Å². The Balaban J connectivity index is 1.25. The van der Waals surface area contributed by atoms with Crippen molar-refractivity contribution in [2.24, 2.45) is 0 Å². The second-order valence-corrected chi connectivity index (χ2v) is 9.34. The number of nitrogens with zero attached hydrogens (tertiary/aromatic N) is 9. The second kappa shape index (κ2) is 10.4. The number of hydrogen-bond donors (Lipinski definition) is 1. The highest BCUT2D eigenvalue weighted by Gasteiger charge is 2.24. The summed E-state index contributed by atoms with van der Waals surface area (Å²) in [7, 11) is 0. The van der Waals surface area contributed by atoms with Crippen LogP contribution < -0.4 is 15.1 Å². The highest BCUT2D eigenvalue weighted by atomic mass is 16.2. The molecule has 0 aliphatic carbocycles. The summed E-state index contributed by atoms with van der Waals surface area (Å²) in [5.41, 5.74) is 2.57. The lowest BCUT2D eigenvalue weighted by molar-refractivity contribution is -0.127. The number of amides is 1. The number of aromatic nitrogens is 6. The standard InChI is InChI=1S/C26H30N10O/c37-22-7-4-10-34(22)13-16-36-19-30-23-24(29-18-20-5-3-8-27-17-20)31-26(32-25(23)36)35-14-11-33(12-15-35)21-6-1-2-9-28-21/h1-3,5-6,8-9,17,19H,4,7,10-16,18H2,(H,29,31,32). The first kappa shape index (κ1) is 23.1. The van der Waals surface area contributed by atoms with E-state index < -0.39 is 0 Å². The molecule has 6 heterocycles. The molecule has 0 radical (unpaired) electrons. The molecule has 2 aliphatic heterocycles. The molecule has 4 aromatic rings. The maximum Gasteiger partial charge on any atom is 0.229 e. The Kier molecular flexibility index (Phi) is 6.49. The van der Waals surface area contributed by atoms with Crippen LogP contribution in [0.25, 0.3) is 11.2 Å². The number of nitrogens with one attached hydrogen (secondary N) is 1. The van der Waals surface area contributed by atoms with Gasteiger partial charge in [0.05, 0.1) is 6.33 Å². The first-order valence-corrected chi connectivity index (χ1v) is 12.8. The van der Waals surface area contributed by atoms with E-state index in [2.05, 4.69) is 30.1 Å². The topological polar surface area (TPSA) is 108 Å². The van der Waals surface area contributed by atoms with E-state index in [1.807, 2.05) is 52.2 Å². The summed E-state index contributed by atoms with van der Waals surface area (Å²) < 4.78 is 2.03. The van der Waals surface area contributed by atoms with Gasteiger partial charge < -0.3 is 24.6 Å². The lowest BCUT2D eigenvalue weighted by Crippen LogP contribution is -2.47. The normalized spacial score (nSPS) is 16.1. The number of likely N-dealkylation sites (tertiary alicyclic amines) is 1. The van der Waals surface area contributed by atoms with E-state index in [4.69, 9.17) is 9.97 Å². The highest BCUT2D eigenvalue weighted by molar-refractivity contribution is 5.84. The van der Waals surface area contributed by atoms with Crippen LogP contribution >= 0.6 is 0 Å². The van der Waals surface area contributed by atoms with Crippen LogP contribution in [0.1, 0.15) is 18.4 Å². The van der Waals surface area contributed by atoms with E-state index in [0.717, 1.165) is 61.7 Å². The Morgan fingerprint density at radius 2 is 1.78 bits per heavy atom. The van der Waals surface area contributed by atoms with Gasteiger partial charge in [0.2, 0.25) is 11.9 Å². The molecular formula is C26H30N10O. The molecule has 0 spiro atoms. The average molecular weight is 499 g/mol. The molecule has 0 unspecified atom stereocenters. The molecule has 2 aliphatic rings. The third kappa shape index (κ3) is 5.02. The van der Waals surface area contributed by atoms with Gasteiger partial charge in [0, 0.05) is 77.4 Å². The molecule has 6 rings (SSSR count). The quantitative estimate of drug-likeness (QED) is 0.391. The Labute approximate surface area is 215 Å². The van der Waals surface area contributed by atoms with Crippen LogP contribution in [-0.2, 0) is 17.9 Å². The molecular weight excluding hydrogens is 468 g/mol. The summed E-state index contributed by atoms with van der Waals surface area (Å²) in [5, 5.41) is 3.46. The Morgan fingerprint density at radius 3 is 2.54 bits per heavy atom. The second-order valence-electron chi connectivity index (χ2n) is 9.34. The molecule has 0 atom stereocenters. The van der Waals surface area contributed by atoms with Gasteiger partial charge in [-0.15, -0.1) is 0 Å².